The predicted octanol–water partition coefficient (Wildman–Crippen LogP) is 2.10. The highest BCUT2D eigenvalue weighted by molar-refractivity contribution is 5.85. The van der Waals surface area contributed by atoms with Crippen molar-refractivity contribution >= 4 is 17.2 Å². The number of hydrogen-bond donors (Lipinski definition) is 1. The molecular weight excluding hydrogens is 236 g/mol. The van der Waals surface area contributed by atoms with E-state index in [1.165, 1.54) is 18.2 Å². The van der Waals surface area contributed by atoms with Gasteiger partial charge in [-0.3, -0.25) is 14.7 Å². The minimum absolute atomic E-state index is 0.111. The molecule has 2 aromatic rings. The third kappa shape index (κ3) is 2.34. The number of nitro groups is 1. The van der Waals surface area contributed by atoms with Gasteiger partial charge >= 0.3 is 0 Å². The number of aromatic hydroxyl groups is 1. The van der Waals surface area contributed by atoms with Gasteiger partial charge < -0.3 is 5.11 Å². The summed E-state index contributed by atoms with van der Waals surface area (Å²) in [5, 5.41) is 20.2. The Morgan fingerprint density at radius 2 is 2.33 bits per heavy atom. The lowest BCUT2D eigenvalue weighted by Crippen LogP contribution is -2.03. The molecule has 0 fully saturated rings. The molecule has 1 aromatic heterocycles. The summed E-state index contributed by atoms with van der Waals surface area (Å²) in [6.45, 7) is 1.71. The van der Waals surface area contributed by atoms with Gasteiger partial charge in [-0.05, 0) is 13.0 Å². The van der Waals surface area contributed by atoms with E-state index >= 15 is 0 Å². The van der Waals surface area contributed by atoms with Crippen molar-refractivity contribution in [3.63, 3.8) is 0 Å². The molecule has 1 N–H and O–H groups in total. The Morgan fingerprint density at radius 1 is 1.56 bits per heavy atom. The quantitative estimate of drug-likeness (QED) is 0.380. The maximum absolute atomic E-state index is 10.6. The van der Waals surface area contributed by atoms with Crippen LogP contribution in [0.2, 0.25) is 0 Å². The molecule has 0 unspecified atom stereocenters. The van der Waals surface area contributed by atoms with Crippen molar-refractivity contribution in [1.29, 1.82) is 0 Å². The molecule has 1 aromatic carbocycles. The summed E-state index contributed by atoms with van der Waals surface area (Å²) in [5.41, 5.74) is 0.0281. The van der Waals surface area contributed by atoms with Gasteiger partial charge in [0.25, 0.3) is 5.69 Å². The number of aliphatic imine (C=N–C) groups is 1. The minimum atomic E-state index is -0.537. The van der Waals surface area contributed by atoms with Gasteiger partial charge in [-0.2, -0.15) is 0 Å². The van der Waals surface area contributed by atoms with Crippen LogP contribution in [0.25, 0.3) is 0 Å². The van der Waals surface area contributed by atoms with E-state index in [1.54, 1.807) is 30.2 Å². The lowest BCUT2D eigenvalue weighted by molar-refractivity contribution is -0.384. The summed E-state index contributed by atoms with van der Waals surface area (Å²) in [7, 11) is 0. The van der Waals surface area contributed by atoms with Crippen molar-refractivity contribution < 1.29 is 10.0 Å². The van der Waals surface area contributed by atoms with Crippen LogP contribution in [0, 0.1) is 10.1 Å². The van der Waals surface area contributed by atoms with Crippen LogP contribution in [0.3, 0.4) is 0 Å². The Hall–Kier alpha value is -2.70. The Labute approximate surface area is 102 Å². The van der Waals surface area contributed by atoms with Crippen molar-refractivity contribution in [2.75, 3.05) is 0 Å². The van der Waals surface area contributed by atoms with Gasteiger partial charge in [0, 0.05) is 24.5 Å². The summed E-state index contributed by atoms with van der Waals surface area (Å²) < 4.78 is 1.64. The molecule has 92 valence electrons. The predicted molar refractivity (Wildman–Crippen MR) is 65.2 cm³/mol. The highest BCUT2D eigenvalue weighted by Gasteiger charge is 2.10. The fraction of sp³-hybridized carbons (Fsp3) is 0.0909. The number of hydrogen-bond acceptors (Lipinski definition) is 5. The molecule has 0 atom stereocenters. The molecule has 0 spiro atoms. The van der Waals surface area contributed by atoms with Gasteiger partial charge in [-0.25, -0.2) is 9.98 Å². The van der Waals surface area contributed by atoms with Crippen molar-refractivity contribution in [3.8, 4) is 5.75 Å². The van der Waals surface area contributed by atoms with Gasteiger partial charge in [0.2, 0.25) is 0 Å². The summed E-state index contributed by atoms with van der Waals surface area (Å²) in [6.07, 6.45) is 4.83. The van der Waals surface area contributed by atoms with Gasteiger partial charge in [0.05, 0.1) is 4.92 Å². The second-order valence-electron chi connectivity index (χ2n) is 3.56. The minimum Gasteiger partial charge on any atom is -0.506 e. The van der Waals surface area contributed by atoms with Crippen LogP contribution in [0.5, 0.6) is 5.75 Å². The molecule has 0 saturated heterocycles. The maximum Gasteiger partial charge on any atom is 0.271 e. The molecule has 2 rings (SSSR count). The molecule has 7 heteroatoms. The second-order valence-corrected chi connectivity index (χ2v) is 3.56. The van der Waals surface area contributed by atoms with Crippen LogP contribution in [0.15, 0.2) is 41.9 Å². The van der Waals surface area contributed by atoms with E-state index in [9.17, 15) is 15.2 Å². The average Bonchev–Trinajstić information content (AvgIpc) is 2.85. The topological polar surface area (TPSA) is 93.5 Å². The maximum atomic E-state index is 10.6. The number of aromatic nitrogens is 2. The monoisotopic (exact) mass is 246 g/mol. The number of nitrogens with zero attached hydrogens (tertiary/aromatic N) is 4. The molecule has 0 aliphatic carbocycles. The lowest BCUT2D eigenvalue weighted by Gasteiger charge is -2.03. The summed E-state index contributed by atoms with van der Waals surface area (Å²) in [5.74, 6) is 0.434. The number of phenolic OH excluding ortho intramolecular Hbond substituents is 1. The summed E-state index contributed by atoms with van der Waals surface area (Å²) in [4.78, 5) is 18.1. The second kappa shape index (κ2) is 4.66. The molecular formula is C11H10N4O3. The third-order valence-electron chi connectivity index (χ3n) is 2.33. The Morgan fingerprint density at radius 3 is 2.94 bits per heavy atom. The van der Waals surface area contributed by atoms with Crippen LogP contribution in [0.4, 0.5) is 11.4 Å². The average molecular weight is 246 g/mol. The van der Waals surface area contributed by atoms with Gasteiger partial charge in [-0.15, -0.1) is 0 Å². The van der Waals surface area contributed by atoms with Crippen LogP contribution >= 0.6 is 0 Å². The zero-order valence-electron chi connectivity index (χ0n) is 9.52. The number of non-ortho nitro benzene ring substituents is 1. The Kier molecular flexibility index (Phi) is 3.05. The first-order chi connectivity index (χ1) is 8.58. The van der Waals surface area contributed by atoms with E-state index in [0.717, 1.165) is 0 Å². The van der Waals surface area contributed by atoms with Crippen molar-refractivity contribution in [1.82, 2.24) is 9.55 Å². The van der Waals surface area contributed by atoms with Crippen molar-refractivity contribution in [2.45, 2.75) is 6.92 Å². The fourth-order valence-corrected chi connectivity index (χ4v) is 1.40. The number of phenols is 1. The molecule has 0 saturated carbocycles. The van der Waals surface area contributed by atoms with E-state index in [0.29, 0.717) is 5.84 Å². The molecule has 18 heavy (non-hydrogen) atoms. The Bertz CT molecular complexity index is 605. The molecule has 0 radical (unpaired) electrons. The first kappa shape index (κ1) is 11.8. The van der Waals surface area contributed by atoms with E-state index in [-0.39, 0.29) is 17.1 Å². The zero-order chi connectivity index (χ0) is 13.1. The third-order valence-corrected chi connectivity index (χ3v) is 2.33. The number of nitro benzene ring substituents is 1. The van der Waals surface area contributed by atoms with E-state index < -0.39 is 4.92 Å². The van der Waals surface area contributed by atoms with E-state index in [1.807, 2.05) is 0 Å². The van der Waals surface area contributed by atoms with Gasteiger partial charge in [0.1, 0.15) is 23.6 Å². The molecule has 0 amide bonds. The van der Waals surface area contributed by atoms with Crippen LogP contribution in [0.1, 0.15) is 6.92 Å². The van der Waals surface area contributed by atoms with E-state index in [2.05, 4.69) is 9.98 Å². The van der Waals surface area contributed by atoms with Crippen molar-refractivity contribution in [3.05, 3.63) is 47.0 Å². The highest BCUT2D eigenvalue weighted by Crippen LogP contribution is 2.30. The smallest absolute Gasteiger partial charge is 0.271 e. The molecule has 0 aliphatic rings. The first-order valence-corrected chi connectivity index (χ1v) is 5.09. The number of imidazole rings is 1. The van der Waals surface area contributed by atoms with Crippen LogP contribution in [-0.2, 0) is 0 Å². The van der Waals surface area contributed by atoms with Gasteiger partial charge in [0.15, 0.2) is 0 Å². The highest BCUT2D eigenvalue weighted by atomic mass is 16.6. The zero-order valence-corrected chi connectivity index (χ0v) is 9.52. The van der Waals surface area contributed by atoms with Crippen molar-refractivity contribution in [2.24, 2.45) is 4.99 Å². The molecule has 7 nitrogen and oxygen atoms in total. The Balaban J connectivity index is 2.42. The normalized spacial score (nSPS) is 11.5. The molecule has 0 aliphatic heterocycles. The first-order valence-electron chi connectivity index (χ1n) is 5.09. The molecule has 1 heterocycles. The van der Waals surface area contributed by atoms with Gasteiger partial charge in [-0.1, -0.05) is 0 Å². The number of benzene rings is 1. The van der Waals surface area contributed by atoms with E-state index in [4.69, 9.17) is 0 Å². The summed E-state index contributed by atoms with van der Waals surface area (Å²) >= 11 is 0. The largest absolute Gasteiger partial charge is 0.506 e. The lowest BCUT2D eigenvalue weighted by atomic mass is 10.2. The van der Waals surface area contributed by atoms with Crippen LogP contribution in [-0.4, -0.2) is 25.4 Å². The van der Waals surface area contributed by atoms with Crippen LogP contribution < -0.4 is 0 Å². The standard InChI is InChI=1S/C11H10N4O3/c1-8(14-5-4-12-7-14)13-10-6-9(15(17)18)2-3-11(10)16/h2-7,16H,1H3. The SMILES string of the molecule is CC(=Nc1cc([N+](=O)[O-])ccc1O)n1ccnc1. The fourth-order valence-electron chi connectivity index (χ4n) is 1.40. The summed E-state index contributed by atoms with van der Waals surface area (Å²) in [6, 6.07) is 3.69. The number of rotatable bonds is 2. The molecule has 0 bridgehead atoms.